The second-order valence-electron chi connectivity index (χ2n) is 12.4. The van der Waals surface area contributed by atoms with Gasteiger partial charge in [0, 0.05) is 80.2 Å². The first-order valence-corrected chi connectivity index (χ1v) is 17.0. The van der Waals surface area contributed by atoms with Gasteiger partial charge in [-0.15, -0.1) is 0 Å². The first-order chi connectivity index (χ1) is 22.8. The maximum absolute atomic E-state index is 14.8. The van der Waals surface area contributed by atoms with E-state index in [2.05, 4.69) is 21.4 Å². The van der Waals surface area contributed by atoms with Crippen molar-refractivity contribution in [2.24, 2.45) is 11.8 Å². The van der Waals surface area contributed by atoms with Gasteiger partial charge in [-0.2, -0.15) is 5.26 Å². The van der Waals surface area contributed by atoms with Crippen LogP contribution in [0.5, 0.6) is 0 Å². The average molecular weight is 645 g/mol. The minimum Gasteiger partial charge on any atom is -0.357 e. The van der Waals surface area contributed by atoms with E-state index in [0.29, 0.717) is 42.9 Å². The molecule has 7 rings (SSSR count). The van der Waals surface area contributed by atoms with Crippen molar-refractivity contribution in [1.29, 1.82) is 5.26 Å². The van der Waals surface area contributed by atoms with Crippen molar-refractivity contribution in [3.63, 3.8) is 0 Å². The second-order valence-corrected chi connectivity index (χ2v) is 14.4. The maximum atomic E-state index is 14.8. The monoisotopic (exact) mass is 644 g/mol. The maximum Gasteiger partial charge on any atom is 0.254 e. The number of allylic oxidation sites excluding steroid dienone is 1. The number of amides is 1. The van der Waals surface area contributed by atoms with Gasteiger partial charge in [0.1, 0.15) is 11.4 Å². The zero-order valence-electron chi connectivity index (χ0n) is 25.4. The number of fused-ring (bicyclic) bond motifs is 1. The fraction of sp³-hybridized carbons (Fsp3) is 0.250. The Morgan fingerprint density at radius 1 is 0.872 bits per heavy atom. The average Bonchev–Trinajstić information content (AvgIpc) is 3.40. The van der Waals surface area contributed by atoms with Crippen LogP contribution >= 0.6 is 0 Å². The third-order valence-corrected chi connectivity index (χ3v) is 11.1. The van der Waals surface area contributed by atoms with Crippen molar-refractivity contribution in [1.82, 2.24) is 24.5 Å². The summed E-state index contributed by atoms with van der Waals surface area (Å²) < 4.78 is 28.2. The Kier molecular flexibility index (Phi) is 7.91. The van der Waals surface area contributed by atoms with Gasteiger partial charge in [0.25, 0.3) is 5.91 Å². The summed E-state index contributed by atoms with van der Waals surface area (Å²) in [6.45, 7) is 0.625. The van der Waals surface area contributed by atoms with Crippen LogP contribution in [0.1, 0.15) is 32.6 Å². The number of benzene rings is 2. The minimum atomic E-state index is -3.54. The molecule has 10 nitrogen and oxygen atoms in total. The first-order valence-electron chi connectivity index (χ1n) is 15.4. The Hall–Kier alpha value is -5.18. The summed E-state index contributed by atoms with van der Waals surface area (Å²) in [5, 5.41) is 12.7. The highest BCUT2D eigenvalue weighted by Gasteiger charge is 2.65. The molecule has 1 amide bonds. The van der Waals surface area contributed by atoms with Gasteiger partial charge in [-0.05, 0) is 65.2 Å². The third kappa shape index (κ3) is 6.05. The number of sulfonamides is 1. The molecule has 4 aromatic rings. The normalized spacial score (nSPS) is 22.4. The molecule has 4 heterocycles. The number of carbonyl (C=O) groups excluding carboxylic acids is 2. The highest BCUT2D eigenvalue weighted by Crippen LogP contribution is 2.53. The number of carbonyl (C=O) groups is 2. The molecular formula is C36H32N6O4S. The summed E-state index contributed by atoms with van der Waals surface area (Å²) in [5.41, 5.74) is 2.26. The van der Waals surface area contributed by atoms with E-state index in [9.17, 15) is 23.3 Å². The second kappa shape index (κ2) is 12.2. The van der Waals surface area contributed by atoms with Crippen LogP contribution in [0.4, 0.5) is 0 Å². The standard InChI is InChI=1S/C36H32N6O4S/c37-21-27-6-8-29(9-7-27)32(43)18-33-40-36(19-25-10-14-38-15-11-25,20-26-12-16-39-17-13-26)35(44)42(33)34-30-22-41(23-31(30)34)47(45,46)24-28-4-2-1-3-5-28/h1-18,30-31,34,40H,19-20,22-24H2/b33-18+/t30-,31+,34+. The van der Waals surface area contributed by atoms with Crippen LogP contribution in [0, 0.1) is 23.2 Å². The molecule has 2 aromatic heterocycles. The van der Waals surface area contributed by atoms with E-state index in [1.165, 1.54) is 10.4 Å². The summed E-state index contributed by atoms with van der Waals surface area (Å²) in [6.07, 6.45) is 8.89. The number of hydrogen-bond donors (Lipinski definition) is 1. The Bertz CT molecular complexity index is 1930. The van der Waals surface area contributed by atoms with Crippen LogP contribution in [0.3, 0.4) is 0 Å². The lowest BCUT2D eigenvalue weighted by Gasteiger charge is -2.28. The smallest absolute Gasteiger partial charge is 0.254 e. The Labute approximate surface area is 273 Å². The lowest BCUT2D eigenvalue weighted by Crippen LogP contribution is -2.51. The highest BCUT2D eigenvalue weighted by molar-refractivity contribution is 7.88. The van der Waals surface area contributed by atoms with Gasteiger partial charge in [-0.3, -0.25) is 24.5 Å². The first kappa shape index (κ1) is 30.5. The Balaban J connectivity index is 1.21. The van der Waals surface area contributed by atoms with E-state index in [-0.39, 0.29) is 35.3 Å². The van der Waals surface area contributed by atoms with Crippen molar-refractivity contribution in [3.05, 3.63) is 143 Å². The molecule has 0 unspecified atom stereocenters. The van der Waals surface area contributed by atoms with Crippen LogP contribution in [0.2, 0.25) is 0 Å². The fourth-order valence-electron chi connectivity index (χ4n) is 6.96. The van der Waals surface area contributed by atoms with Crippen LogP contribution in [0.15, 0.2) is 116 Å². The molecule has 0 radical (unpaired) electrons. The molecule has 3 fully saturated rings. The molecule has 1 saturated carbocycles. The van der Waals surface area contributed by atoms with Crippen molar-refractivity contribution < 1.29 is 18.0 Å². The number of ketones is 1. The summed E-state index contributed by atoms with van der Waals surface area (Å²) in [4.78, 5) is 38.4. The summed E-state index contributed by atoms with van der Waals surface area (Å²) in [7, 11) is -3.54. The molecule has 2 aliphatic heterocycles. The van der Waals surface area contributed by atoms with E-state index < -0.39 is 15.6 Å². The van der Waals surface area contributed by atoms with Gasteiger partial charge in [-0.1, -0.05) is 30.3 Å². The predicted molar refractivity (Wildman–Crippen MR) is 174 cm³/mol. The number of hydrogen-bond acceptors (Lipinski definition) is 8. The van der Waals surface area contributed by atoms with Crippen LogP contribution in [0.25, 0.3) is 0 Å². The number of rotatable bonds is 10. The lowest BCUT2D eigenvalue weighted by molar-refractivity contribution is -0.132. The number of piperidine rings is 1. The van der Waals surface area contributed by atoms with Gasteiger partial charge in [0.15, 0.2) is 5.78 Å². The quantitative estimate of drug-likeness (QED) is 0.205. The molecule has 47 heavy (non-hydrogen) atoms. The lowest BCUT2D eigenvalue weighted by atomic mass is 9.85. The summed E-state index contributed by atoms with van der Waals surface area (Å²) in [5.74, 6) is -0.271. The molecular weight excluding hydrogens is 613 g/mol. The van der Waals surface area contributed by atoms with Gasteiger partial charge in [0.05, 0.1) is 17.4 Å². The zero-order valence-corrected chi connectivity index (χ0v) is 26.3. The topological polar surface area (TPSA) is 136 Å². The Morgan fingerprint density at radius 2 is 1.45 bits per heavy atom. The molecule has 236 valence electrons. The van der Waals surface area contributed by atoms with E-state index >= 15 is 0 Å². The molecule has 1 aliphatic carbocycles. The molecule has 3 atom stereocenters. The van der Waals surface area contributed by atoms with Crippen LogP contribution in [-0.4, -0.2) is 64.0 Å². The van der Waals surface area contributed by atoms with Gasteiger partial charge in [-0.25, -0.2) is 12.7 Å². The fourth-order valence-corrected chi connectivity index (χ4v) is 8.55. The number of nitrogens with zero attached hydrogens (tertiary/aromatic N) is 5. The van der Waals surface area contributed by atoms with Gasteiger partial charge < -0.3 is 5.32 Å². The van der Waals surface area contributed by atoms with E-state index in [1.54, 1.807) is 66.1 Å². The van der Waals surface area contributed by atoms with E-state index in [0.717, 1.165) is 16.7 Å². The van der Waals surface area contributed by atoms with Gasteiger partial charge in [0.2, 0.25) is 10.0 Å². The van der Waals surface area contributed by atoms with Crippen molar-refractivity contribution in [3.8, 4) is 6.07 Å². The molecule has 2 aromatic carbocycles. The molecule has 1 N–H and O–H groups in total. The molecule has 0 spiro atoms. The third-order valence-electron chi connectivity index (χ3n) is 9.33. The predicted octanol–water partition coefficient (Wildman–Crippen LogP) is 3.49. The van der Waals surface area contributed by atoms with Gasteiger partial charge >= 0.3 is 0 Å². The highest BCUT2D eigenvalue weighted by atomic mass is 32.2. The SMILES string of the molecule is N#Cc1ccc(C(=O)/C=C2\NC(Cc3ccncc3)(Cc3ccncc3)C(=O)N2[C@H]2[C@@H]3CN(S(=O)(=O)Cc4ccccc4)C[C@@H]32)cc1. The van der Waals surface area contributed by atoms with Crippen molar-refractivity contribution in [2.45, 2.75) is 30.2 Å². The molecule has 11 heteroatoms. The largest absolute Gasteiger partial charge is 0.357 e. The van der Waals surface area contributed by atoms with Crippen molar-refractivity contribution >= 4 is 21.7 Å². The zero-order chi connectivity index (χ0) is 32.6. The minimum absolute atomic E-state index is 0.0580. The number of pyridine rings is 2. The van der Waals surface area contributed by atoms with Crippen LogP contribution < -0.4 is 5.32 Å². The summed E-state index contributed by atoms with van der Waals surface area (Å²) in [6, 6.07) is 24.8. The molecule has 2 saturated heterocycles. The number of aromatic nitrogens is 2. The van der Waals surface area contributed by atoms with Crippen LogP contribution in [-0.2, 0) is 33.4 Å². The van der Waals surface area contributed by atoms with E-state index in [1.807, 2.05) is 42.5 Å². The number of nitrogens with one attached hydrogen (secondary N) is 1. The molecule has 0 bridgehead atoms. The van der Waals surface area contributed by atoms with Crippen molar-refractivity contribution in [2.75, 3.05) is 13.1 Å². The summed E-state index contributed by atoms with van der Waals surface area (Å²) >= 11 is 0. The molecule has 3 aliphatic rings. The Morgan fingerprint density at radius 3 is 2.00 bits per heavy atom. The van der Waals surface area contributed by atoms with E-state index in [4.69, 9.17) is 0 Å². The number of nitriles is 1.